The van der Waals surface area contributed by atoms with Gasteiger partial charge >= 0.3 is 12.1 Å². The number of nitrogens with one attached hydrogen (secondary N) is 1. The van der Waals surface area contributed by atoms with E-state index in [0.29, 0.717) is 0 Å². The molecule has 0 aromatic carbocycles. The molecule has 2 saturated heterocycles. The molecule has 3 N–H and O–H groups in total. The molecule has 17 heavy (non-hydrogen) atoms. The number of urea groups is 2. The molecule has 4 amide bonds. The van der Waals surface area contributed by atoms with Crippen molar-refractivity contribution in [2.45, 2.75) is 24.9 Å². The highest BCUT2D eigenvalue weighted by atomic mass is 16.5. The van der Waals surface area contributed by atoms with Gasteiger partial charge < -0.3 is 19.8 Å². The Morgan fingerprint density at radius 2 is 2.18 bits per heavy atom. The van der Waals surface area contributed by atoms with Crippen molar-refractivity contribution in [1.29, 1.82) is 0 Å². The van der Waals surface area contributed by atoms with Gasteiger partial charge in [-0.3, -0.25) is 10.2 Å². The monoisotopic (exact) mass is 245 g/mol. The van der Waals surface area contributed by atoms with Gasteiger partial charge in [0.25, 0.3) is 0 Å². The van der Waals surface area contributed by atoms with Crippen LogP contribution in [0.5, 0.6) is 0 Å². The van der Waals surface area contributed by atoms with E-state index in [1.54, 1.807) is 7.05 Å². The van der Waals surface area contributed by atoms with Gasteiger partial charge in [0.05, 0.1) is 12.7 Å². The molecule has 8 heteroatoms. The summed E-state index contributed by atoms with van der Waals surface area (Å²) in [7, 11) is 1.55. The molecule has 0 aliphatic carbocycles. The Bertz CT molecular complexity index is 337. The molecular weight excluding hydrogens is 230 g/mol. The highest BCUT2D eigenvalue weighted by Gasteiger charge is 2.41. The summed E-state index contributed by atoms with van der Waals surface area (Å²) in [6, 6.07) is -1.02. The number of hydrogen-bond acceptors (Lipinski definition) is 5. The molecule has 2 fully saturated rings. The quantitative estimate of drug-likeness (QED) is 0.549. The molecule has 2 aliphatic heterocycles. The molecule has 2 rings (SSSR count). The topological polar surface area (TPSA) is 102 Å². The Morgan fingerprint density at radius 1 is 1.47 bits per heavy atom. The molecule has 8 nitrogen and oxygen atoms in total. The predicted octanol–water partition coefficient (Wildman–Crippen LogP) is -1.51. The molecule has 0 spiro atoms. The van der Waals surface area contributed by atoms with Gasteiger partial charge in [-0.2, -0.15) is 0 Å². The zero-order valence-corrected chi connectivity index (χ0v) is 9.37. The number of rotatable bonds is 2. The van der Waals surface area contributed by atoms with Crippen molar-refractivity contribution in [1.82, 2.24) is 15.1 Å². The van der Waals surface area contributed by atoms with Crippen molar-refractivity contribution in [3.8, 4) is 0 Å². The molecule has 0 unspecified atom stereocenters. The number of aliphatic hydroxyl groups excluding tert-OH is 2. The van der Waals surface area contributed by atoms with Crippen LogP contribution in [0.1, 0.15) is 6.42 Å². The Kier molecular flexibility index (Phi) is 3.18. The summed E-state index contributed by atoms with van der Waals surface area (Å²) in [5, 5.41) is 20.7. The molecule has 0 saturated carbocycles. The fraction of sp³-hybridized carbons (Fsp3) is 0.778. The lowest BCUT2D eigenvalue weighted by atomic mass is 10.2. The van der Waals surface area contributed by atoms with Crippen LogP contribution in [0.2, 0.25) is 0 Å². The molecule has 0 bridgehead atoms. The van der Waals surface area contributed by atoms with Crippen molar-refractivity contribution in [3.05, 3.63) is 0 Å². The summed E-state index contributed by atoms with van der Waals surface area (Å²) in [6.07, 6.45) is -1.89. The van der Waals surface area contributed by atoms with E-state index in [-0.39, 0.29) is 19.7 Å². The van der Waals surface area contributed by atoms with Crippen molar-refractivity contribution in [3.63, 3.8) is 0 Å². The number of carbonyl (C=O) groups excluding carboxylic acids is 2. The average Bonchev–Trinajstić information content (AvgIpc) is 2.65. The summed E-state index contributed by atoms with van der Waals surface area (Å²) < 4.78 is 5.34. The standard InChI is InChI=1S/C9H15N3O5/c1-11-4-12(9(16)10-8(11)15)7-2-5(14)6(3-13)17-7/h5-7,13-14H,2-4H2,1H3,(H,10,15,16)/t5-,6+,7-/m0/s1. The van der Waals surface area contributed by atoms with Crippen LogP contribution >= 0.6 is 0 Å². The Balaban J connectivity index is 2.03. The minimum atomic E-state index is -0.805. The fourth-order valence-electron chi connectivity index (χ4n) is 1.91. The third-order valence-corrected chi connectivity index (χ3v) is 2.92. The van der Waals surface area contributed by atoms with Gasteiger partial charge in [-0.25, -0.2) is 9.59 Å². The number of nitrogens with zero attached hydrogens (tertiary/aromatic N) is 2. The van der Waals surface area contributed by atoms with Crippen molar-refractivity contribution < 1.29 is 24.5 Å². The first-order valence-electron chi connectivity index (χ1n) is 5.30. The second-order valence-corrected chi connectivity index (χ2v) is 4.16. The number of ether oxygens (including phenoxy) is 1. The van der Waals surface area contributed by atoms with Crippen LogP contribution in [-0.4, -0.2) is 70.8 Å². The van der Waals surface area contributed by atoms with Crippen molar-refractivity contribution >= 4 is 12.1 Å². The van der Waals surface area contributed by atoms with E-state index in [1.807, 2.05) is 0 Å². The molecule has 2 aliphatic rings. The largest absolute Gasteiger partial charge is 0.394 e. The van der Waals surface area contributed by atoms with E-state index in [2.05, 4.69) is 5.32 Å². The van der Waals surface area contributed by atoms with Crippen molar-refractivity contribution in [2.24, 2.45) is 0 Å². The van der Waals surface area contributed by atoms with E-state index < -0.39 is 30.5 Å². The van der Waals surface area contributed by atoms with E-state index in [4.69, 9.17) is 9.84 Å². The number of imide groups is 1. The normalized spacial score (nSPS) is 34.2. The van der Waals surface area contributed by atoms with Crippen molar-refractivity contribution in [2.75, 3.05) is 20.3 Å². The summed E-state index contributed by atoms with van der Waals surface area (Å²) in [6.45, 7) is -0.206. The number of amides is 4. The Morgan fingerprint density at radius 3 is 2.76 bits per heavy atom. The van der Waals surface area contributed by atoms with Gasteiger partial charge in [-0.05, 0) is 0 Å². The van der Waals surface area contributed by atoms with Gasteiger partial charge in [-0.15, -0.1) is 0 Å². The highest BCUT2D eigenvalue weighted by Crippen LogP contribution is 2.24. The second-order valence-electron chi connectivity index (χ2n) is 4.16. The summed E-state index contributed by atoms with van der Waals surface area (Å²) in [5.74, 6) is 0. The zero-order valence-electron chi connectivity index (χ0n) is 9.37. The maximum atomic E-state index is 11.6. The summed E-state index contributed by atoms with van der Waals surface area (Å²) >= 11 is 0. The van der Waals surface area contributed by atoms with Crippen LogP contribution in [0, 0.1) is 0 Å². The zero-order chi connectivity index (χ0) is 12.6. The third kappa shape index (κ3) is 2.19. The molecule has 0 radical (unpaired) electrons. The molecule has 3 atom stereocenters. The first-order chi connectivity index (χ1) is 8.02. The van der Waals surface area contributed by atoms with E-state index in [9.17, 15) is 14.7 Å². The first-order valence-corrected chi connectivity index (χ1v) is 5.30. The van der Waals surface area contributed by atoms with Crippen LogP contribution < -0.4 is 5.32 Å². The summed E-state index contributed by atoms with van der Waals surface area (Å²) in [5.41, 5.74) is 0. The lowest BCUT2D eigenvalue weighted by molar-refractivity contribution is -0.0735. The molecule has 0 aromatic rings. The van der Waals surface area contributed by atoms with E-state index >= 15 is 0 Å². The fourth-order valence-corrected chi connectivity index (χ4v) is 1.91. The van der Waals surface area contributed by atoms with Crippen LogP contribution in [0.25, 0.3) is 0 Å². The number of hydrogen-bond donors (Lipinski definition) is 3. The molecule has 2 heterocycles. The predicted molar refractivity (Wildman–Crippen MR) is 54.8 cm³/mol. The minimum absolute atomic E-state index is 0.0974. The Hall–Kier alpha value is -1.38. The first kappa shape index (κ1) is 12.1. The highest BCUT2D eigenvalue weighted by molar-refractivity contribution is 5.95. The van der Waals surface area contributed by atoms with E-state index in [0.717, 1.165) is 0 Å². The maximum Gasteiger partial charge on any atom is 0.328 e. The van der Waals surface area contributed by atoms with Crippen LogP contribution in [-0.2, 0) is 4.74 Å². The van der Waals surface area contributed by atoms with Gasteiger partial charge in [0, 0.05) is 13.5 Å². The molecule has 0 aromatic heterocycles. The number of carbonyl (C=O) groups is 2. The SMILES string of the molecule is CN1CN([C@@H]2C[C@H](O)[C@@H](CO)O2)C(=O)NC1=O. The van der Waals surface area contributed by atoms with Gasteiger partial charge in [-0.1, -0.05) is 0 Å². The van der Waals surface area contributed by atoms with E-state index in [1.165, 1.54) is 9.80 Å². The van der Waals surface area contributed by atoms with Crippen LogP contribution in [0.15, 0.2) is 0 Å². The lowest BCUT2D eigenvalue weighted by Crippen LogP contribution is -2.60. The third-order valence-electron chi connectivity index (χ3n) is 2.92. The average molecular weight is 245 g/mol. The minimum Gasteiger partial charge on any atom is -0.394 e. The lowest BCUT2D eigenvalue weighted by Gasteiger charge is -2.36. The molecule has 96 valence electrons. The van der Waals surface area contributed by atoms with Gasteiger partial charge in [0.15, 0.2) is 0 Å². The second kappa shape index (κ2) is 4.47. The summed E-state index contributed by atoms with van der Waals surface area (Å²) in [4.78, 5) is 25.4. The maximum absolute atomic E-state index is 11.6. The van der Waals surface area contributed by atoms with Crippen LogP contribution in [0.3, 0.4) is 0 Å². The van der Waals surface area contributed by atoms with Gasteiger partial charge in [0.1, 0.15) is 19.0 Å². The molecular formula is C9H15N3O5. The van der Waals surface area contributed by atoms with Crippen LogP contribution in [0.4, 0.5) is 9.59 Å². The number of aliphatic hydroxyl groups is 2. The Labute approximate surface area is 97.7 Å². The smallest absolute Gasteiger partial charge is 0.328 e. The van der Waals surface area contributed by atoms with Gasteiger partial charge in [0.2, 0.25) is 0 Å².